The topological polar surface area (TPSA) is 54.7 Å². The fraction of sp³-hybridized carbons (Fsp3) is 0.333. The zero-order chi connectivity index (χ0) is 17.9. The molecule has 1 fully saturated rings. The lowest BCUT2D eigenvalue weighted by atomic mass is 10.0. The molecule has 3 heterocycles. The number of ether oxygens (including phenoxy) is 1. The predicted molar refractivity (Wildman–Crippen MR) is 105 cm³/mol. The van der Waals surface area contributed by atoms with E-state index in [9.17, 15) is 0 Å². The molecule has 1 aliphatic heterocycles. The number of morpholine rings is 1. The van der Waals surface area contributed by atoms with Gasteiger partial charge >= 0.3 is 0 Å². The Balaban J connectivity index is 1.61. The molecular weight excluding hydrogens is 348 g/mol. The van der Waals surface area contributed by atoms with Crippen LogP contribution < -0.4 is 10.8 Å². The average molecular weight is 368 g/mol. The summed E-state index contributed by atoms with van der Waals surface area (Å²) in [6.45, 7) is 5.25. The number of fused-ring (bicyclic) bond motifs is 1. The lowest BCUT2D eigenvalue weighted by Crippen LogP contribution is -2.39. The van der Waals surface area contributed by atoms with Gasteiger partial charge < -0.3 is 10.1 Å². The van der Waals surface area contributed by atoms with Crippen molar-refractivity contribution in [2.24, 2.45) is 0 Å². The van der Waals surface area contributed by atoms with Crippen molar-refractivity contribution in [3.05, 3.63) is 41.6 Å². The molecule has 8 heteroatoms. The highest BCUT2D eigenvalue weighted by Crippen LogP contribution is 2.28. The molecular formula is C18H19BClN5O. The summed E-state index contributed by atoms with van der Waals surface area (Å²) in [6.07, 6.45) is 1.62. The highest BCUT2D eigenvalue weighted by molar-refractivity contribution is 6.36. The Morgan fingerprint density at radius 1 is 1.23 bits per heavy atom. The molecule has 0 atom stereocenters. The zero-order valence-corrected chi connectivity index (χ0v) is 15.1. The number of aromatic nitrogens is 3. The van der Waals surface area contributed by atoms with Crippen LogP contribution in [-0.2, 0) is 4.74 Å². The molecule has 3 aromatic rings. The maximum Gasteiger partial charge on any atom is 0.150 e. The molecule has 132 valence electrons. The molecule has 0 spiro atoms. The van der Waals surface area contributed by atoms with Gasteiger partial charge in [0.05, 0.1) is 18.9 Å². The van der Waals surface area contributed by atoms with Gasteiger partial charge in [-0.25, -0.2) is 4.98 Å². The molecule has 4 rings (SSSR count). The molecule has 0 bridgehead atoms. The van der Waals surface area contributed by atoms with Gasteiger partial charge in [-0.3, -0.25) is 4.90 Å². The molecule has 2 aromatic heterocycles. The van der Waals surface area contributed by atoms with E-state index < -0.39 is 0 Å². The Hall–Kier alpha value is -2.09. The monoisotopic (exact) mass is 367 g/mol. The molecule has 1 aromatic carbocycles. The quantitative estimate of drug-likeness (QED) is 0.694. The Morgan fingerprint density at radius 2 is 2.04 bits per heavy atom. The van der Waals surface area contributed by atoms with E-state index in [1.54, 1.807) is 10.7 Å². The van der Waals surface area contributed by atoms with Crippen molar-refractivity contribution in [1.82, 2.24) is 19.5 Å². The Morgan fingerprint density at radius 3 is 2.85 bits per heavy atom. The van der Waals surface area contributed by atoms with E-state index in [4.69, 9.17) is 24.2 Å². The number of hydrogen-bond acceptors (Lipinski definition) is 5. The van der Waals surface area contributed by atoms with Gasteiger partial charge in [-0.2, -0.15) is 9.61 Å². The van der Waals surface area contributed by atoms with Crippen molar-refractivity contribution in [2.75, 3.05) is 44.7 Å². The van der Waals surface area contributed by atoms with E-state index in [0.717, 1.165) is 56.5 Å². The lowest BCUT2D eigenvalue weighted by Gasteiger charge is -2.26. The smallest absolute Gasteiger partial charge is 0.150 e. The van der Waals surface area contributed by atoms with Crippen LogP contribution in [0.4, 0.5) is 5.82 Å². The predicted octanol–water partition coefficient (Wildman–Crippen LogP) is 1.59. The highest BCUT2D eigenvalue weighted by Gasteiger charge is 2.13. The summed E-state index contributed by atoms with van der Waals surface area (Å²) in [5.41, 5.74) is 2.80. The minimum Gasteiger partial charge on any atom is -0.379 e. The van der Waals surface area contributed by atoms with Gasteiger partial charge in [0.15, 0.2) is 5.65 Å². The molecule has 0 saturated carbocycles. The fourth-order valence-electron chi connectivity index (χ4n) is 3.08. The molecule has 0 aliphatic carbocycles. The van der Waals surface area contributed by atoms with Crippen LogP contribution >= 0.6 is 11.6 Å². The van der Waals surface area contributed by atoms with Crippen molar-refractivity contribution in [2.45, 2.75) is 0 Å². The van der Waals surface area contributed by atoms with Gasteiger partial charge in [0.25, 0.3) is 0 Å². The van der Waals surface area contributed by atoms with Crippen molar-refractivity contribution >= 4 is 36.4 Å². The van der Waals surface area contributed by atoms with Crippen LogP contribution in [0.25, 0.3) is 16.9 Å². The van der Waals surface area contributed by atoms with Gasteiger partial charge in [0.2, 0.25) is 0 Å². The average Bonchev–Trinajstić information content (AvgIpc) is 3.04. The number of hydrogen-bond donors (Lipinski definition) is 1. The third-order valence-electron chi connectivity index (χ3n) is 4.49. The first-order chi connectivity index (χ1) is 12.7. The second-order valence-electron chi connectivity index (χ2n) is 6.22. The number of nitrogens with one attached hydrogen (secondary N) is 1. The van der Waals surface area contributed by atoms with Gasteiger partial charge in [-0.05, 0) is 11.5 Å². The van der Waals surface area contributed by atoms with Gasteiger partial charge in [-0.15, -0.1) is 0 Å². The Kier molecular flexibility index (Phi) is 5.10. The Bertz CT molecular complexity index is 910. The van der Waals surface area contributed by atoms with Gasteiger partial charge in [0.1, 0.15) is 13.7 Å². The number of anilines is 1. The number of nitrogens with zero attached hydrogens (tertiary/aromatic N) is 4. The van der Waals surface area contributed by atoms with Crippen molar-refractivity contribution in [3.8, 4) is 11.3 Å². The van der Waals surface area contributed by atoms with Crippen molar-refractivity contribution in [1.29, 1.82) is 0 Å². The fourth-order valence-corrected chi connectivity index (χ4v) is 3.31. The standard InChI is InChI=1S/C18H19BClN5O/c19-14-12-22-25-17(21-5-6-24-7-9-26-10-8-24)11-16(23-18(14)25)13-3-1-2-4-15(13)20/h1-4,11-12,21H,5-10H2. The lowest BCUT2D eigenvalue weighted by molar-refractivity contribution is 0.0398. The van der Waals surface area contributed by atoms with Crippen LogP contribution in [0.1, 0.15) is 0 Å². The minimum absolute atomic E-state index is 0.537. The van der Waals surface area contributed by atoms with Crippen LogP contribution in [0.3, 0.4) is 0 Å². The first-order valence-electron chi connectivity index (χ1n) is 8.65. The van der Waals surface area contributed by atoms with Gasteiger partial charge in [0, 0.05) is 49.0 Å². The number of halogens is 1. The number of benzene rings is 1. The van der Waals surface area contributed by atoms with Crippen LogP contribution in [-0.4, -0.2) is 66.7 Å². The summed E-state index contributed by atoms with van der Waals surface area (Å²) < 4.78 is 7.12. The highest BCUT2D eigenvalue weighted by atomic mass is 35.5. The third-order valence-corrected chi connectivity index (χ3v) is 4.82. The van der Waals surface area contributed by atoms with E-state index in [2.05, 4.69) is 20.3 Å². The van der Waals surface area contributed by atoms with Gasteiger partial charge in [-0.1, -0.05) is 29.8 Å². The minimum atomic E-state index is 0.537. The maximum atomic E-state index is 6.35. The Labute approximate surface area is 158 Å². The van der Waals surface area contributed by atoms with E-state index in [1.807, 2.05) is 30.3 Å². The maximum absolute atomic E-state index is 6.35. The second kappa shape index (κ2) is 7.66. The summed E-state index contributed by atoms with van der Waals surface area (Å²) in [5.74, 6) is 0.842. The van der Waals surface area contributed by atoms with E-state index in [-0.39, 0.29) is 0 Å². The molecule has 0 unspecified atom stereocenters. The first-order valence-corrected chi connectivity index (χ1v) is 9.03. The molecule has 2 radical (unpaired) electrons. The van der Waals surface area contributed by atoms with Crippen LogP contribution in [0.2, 0.25) is 5.02 Å². The van der Waals surface area contributed by atoms with E-state index in [1.165, 1.54) is 0 Å². The molecule has 0 amide bonds. The molecule has 1 saturated heterocycles. The molecule has 1 N–H and O–H groups in total. The van der Waals surface area contributed by atoms with Crippen molar-refractivity contribution in [3.63, 3.8) is 0 Å². The zero-order valence-electron chi connectivity index (χ0n) is 14.4. The third kappa shape index (κ3) is 3.56. The van der Waals surface area contributed by atoms with Crippen molar-refractivity contribution < 1.29 is 4.74 Å². The molecule has 1 aliphatic rings. The summed E-state index contributed by atoms with van der Waals surface area (Å²) in [4.78, 5) is 7.02. The molecule has 26 heavy (non-hydrogen) atoms. The van der Waals surface area contributed by atoms with E-state index >= 15 is 0 Å². The van der Waals surface area contributed by atoms with E-state index in [0.29, 0.717) is 16.1 Å². The van der Waals surface area contributed by atoms with Crippen LogP contribution in [0, 0.1) is 0 Å². The normalized spacial score (nSPS) is 15.4. The van der Waals surface area contributed by atoms with Crippen LogP contribution in [0.15, 0.2) is 36.5 Å². The SMILES string of the molecule is [B]c1cnn2c(NCCN3CCOCC3)cc(-c3ccccc3Cl)nc12. The first kappa shape index (κ1) is 17.3. The second-order valence-corrected chi connectivity index (χ2v) is 6.63. The summed E-state index contributed by atoms with van der Waals surface area (Å²) >= 11 is 6.35. The summed E-state index contributed by atoms with van der Waals surface area (Å²) in [6, 6.07) is 9.61. The number of rotatable bonds is 5. The molecule has 6 nitrogen and oxygen atoms in total. The van der Waals surface area contributed by atoms with Crippen LogP contribution in [0.5, 0.6) is 0 Å². The summed E-state index contributed by atoms with van der Waals surface area (Å²) in [5, 5.41) is 8.45. The summed E-state index contributed by atoms with van der Waals surface area (Å²) in [7, 11) is 6.05. The largest absolute Gasteiger partial charge is 0.379 e.